The van der Waals surface area contributed by atoms with Gasteiger partial charge in [-0.25, -0.2) is 8.42 Å². The maximum Gasteiger partial charge on any atom is 0.243 e. The fourth-order valence-corrected chi connectivity index (χ4v) is 4.54. The van der Waals surface area contributed by atoms with Gasteiger partial charge in [0.25, 0.3) is 0 Å². The number of nitrogens with zero attached hydrogens (tertiary/aromatic N) is 1. The zero-order valence-corrected chi connectivity index (χ0v) is 11.2. The van der Waals surface area contributed by atoms with Crippen LogP contribution >= 0.6 is 11.8 Å². The first-order valence-electron chi connectivity index (χ1n) is 5.36. The van der Waals surface area contributed by atoms with E-state index in [1.54, 1.807) is 18.8 Å². The van der Waals surface area contributed by atoms with E-state index in [2.05, 4.69) is 0 Å². The second-order valence-electron chi connectivity index (χ2n) is 4.03. The molecule has 0 amide bonds. The van der Waals surface area contributed by atoms with Crippen molar-refractivity contribution >= 4 is 21.8 Å². The number of sulfonamides is 1. The Morgan fingerprint density at radius 3 is 2.53 bits per heavy atom. The molecule has 4 nitrogen and oxygen atoms in total. The molecule has 2 rings (SSSR count). The summed E-state index contributed by atoms with van der Waals surface area (Å²) < 4.78 is 26.0. The number of benzene rings is 1. The number of hydrogen-bond acceptors (Lipinski definition) is 4. The second-order valence-corrected chi connectivity index (χ2v) is 7.18. The van der Waals surface area contributed by atoms with Gasteiger partial charge < -0.3 is 5.11 Å². The van der Waals surface area contributed by atoms with E-state index in [1.165, 1.54) is 28.6 Å². The molecular formula is C11H15NO3S2. The van der Waals surface area contributed by atoms with Gasteiger partial charge in [-0.15, -0.1) is 0 Å². The van der Waals surface area contributed by atoms with E-state index in [-0.39, 0.29) is 16.7 Å². The largest absolute Gasteiger partial charge is 0.508 e. The third kappa shape index (κ3) is 2.59. The summed E-state index contributed by atoms with van der Waals surface area (Å²) in [5.74, 6) is 1.94. The molecule has 0 bridgehead atoms. The van der Waals surface area contributed by atoms with Crippen molar-refractivity contribution in [1.82, 2.24) is 4.31 Å². The molecule has 1 unspecified atom stereocenters. The molecule has 0 aromatic heterocycles. The third-order valence-electron chi connectivity index (χ3n) is 2.93. The van der Waals surface area contributed by atoms with Crippen LogP contribution in [-0.4, -0.2) is 42.4 Å². The Morgan fingerprint density at radius 2 is 2.00 bits per heavy atom. The van der Waals surface area contributed by atoms with Gasteiger partial charge in [-0.2, -0.15) is 16.1 Å². The van der Waals surface area contributed by atoms with Gasteiger partial charge in [0.15, 0.2) is 0 Å². The molecule has 1 N–H and O–H groups in total. The highest BCUT2D eigenvalue weighted by Gasteiger charge is 2.30. The molecule has 0 radical (unpaired) electrons. The molecule has 17 heavy (non-hydrogen) atoms. The maximum absolute atomic E-state index is 12.3. The van der Waals surface area contributed by atoms with Gasteiger partial charge in [-0.3, -0.25) is 0 Å². The lowest BCUT2D eigenvalue weighted by Gasteiger charge is -2.23. The normalized spacial score (nSPS) is 20.9. The average molecular weight is 273 g/mol. The van der Waals surface area contributed by atoms with Gasteiger partial charge in [0.1, 0.15) is 5.75 Å². The number of hydrogen-bond donors (Lipinski definition) is 1. The van der Waals surface area contributed by atoms with E-state index in [0.717, 1.165) is 17.9 Å². The predicted octanol–water partition coefficient (Wildman–Crippen LogP) is 1.52. The Kier molecular flexibility index (Phi) is 3.65. The van der Waals surface area contributed by atoms with E-state index >= 15 is 0 Å². The van der Waals surface area contributed by atoms with Gasteiger partial charge >= 0.3 is 0 Å². The maximum atomic E-state index is 12.3. The van der Waals surface area contributed by atoms with Crippen LogP contribution in [-0.2, 0) is 10.0 Å². The summed E-state index contributed by atoms with van der Waals surface area (Å²) >= 11 is 1.78. The molecule has 0 spiro atoms. The monoisotopic (exact) mass is 273 g/mol. The van der Waals surface area contributed by atoms with E-state index in [9.17, 15) is 8.42 Å². The minimum atomic E-state index is -3.43. The average Bonchev–Trinajstić information content (AvgIpc) is 2.82. The molecule has 1 aliphatic heterocycles. The Balaban J connectivity index is 2.26. The van der Waals surface area contributed by atoms with E-state index < -0.39 is 10.0 Å². The fraction of sp³-hybridized carbons (Fsp3) is 0.455. The van der Waals surface area contributed by atoms with Gasteiger partial charge in [0, 0.05) is 18.8 Å². The highest BCUT2D eigenvalue weighted by molar-refractivity contribution is 7.99. The number of thioether (sulfide) groups is 1. The molecule has 94 valence electrons. The third-order valence-corrected chi connectivity index (χ3v) is 6.00. The fourth-order valence-electron chi connectivity index (χ4n) is 1.79. The van der Waals surface area contributed by atoms with Crippen LogP contribution in [0.5, 0.6) is 5.75 Å². The number of rotatable bonds is 3. The summed E-state index contributed by atoms with van der Waals surface area (Å²) in [6.45, 7) is 0. The zero-order valence-electron chi connectivity index (χ0n) is 9.54. The molecule has 6 heteroatoms. The molecule has 1 heterocycles. The number of phenolic OH excluding ortho intramolecular Hbond substituents is 1. The van der Waals surface area contributed by atoms with Crippen LogP contribution in [0.2, 0.25) is 0 Å². The van der Waals surface area contributed by atoms with Crippen LogP contribution in [0.25, 0.3) is 0 Å². The van der Waals surface area contributed by atoms with Crippen LogP contribution in [0.4, 0.5) is 0 Å². The molecule has 1 aliphatic rings. The van der Waals surface area contributed by atoms with Gasteiger partial charge in [0.2, 0.25) is 10.0 Å². The summed E-state index contributed by atoms with van der Waals surface area (Å²) in [5, 5.41) is 9.16. The lowest BCUT2D eigenvalue weighted by molar-refractivity contribution is 0.394. The molecule has 1 aromatic carbocycles. The highest BCUT2D eigenvalue weighted by atomic mass is 32.2. The van der Waals surface area contributed by atoms with Gasteiger partial charge in [-0.05, 0) is 36.4 Å². The molecule has 1 atom stereocenters. The first-order valence-corrected chi connectivity index (χ1v) is 7.96. The first-order chi connectivity index (χ1) is 8.01. The molecule has 1 aromatic rings. The highest BCUT2D eigenvalue weighted by Crippen LogP contribution is 2.26. The van der Waals surface area contributed by atoms with Crippen molar-refractivity contribution in [3.05, 3.63) is 24.3 Å². The minimum Gasteiger partial charge on any atom is -0.508 e. The molecule has 0 saturated carbocycles. The minimum absolute atomic E-state index is 0.0722. The summed E-state index contributed by atoms with van der Waals surface area (Å²) in [6, 6.07) is 5.74. The van der Waals surface area contributed by atoms with Crippen molar-refractivity contribution < 1.29 is 13.5 Å². The Morgan fingerprint density at radius 1 is 1.35 bits per heavy atom. The van der Waals surface area contributed by atoms with Crippen molar-refractivity contribution in [2.75, 3.05) is 18.6 Å². The number of aromatic hydroxyl groups is 1. The lowest BCUT2D eigenvalue weighted by atomic mass is 10.3. The van der Waals surface area contributed by atoms with Crippen molar-refractivity contribution in [2.45, 2.75) is 17.4 Å². The Bertz CT molecular complexity index is 478. The standard InChI is InChI=1S/C11H15NO3S2/c1-12(9-6-7-16-8-9)17(14,15)11-4-2-10(13)3-5-11/h2-5,9,13H,6-8H2,1H3. The predicted molar refractivity (Wildman–Crippen MR) is 68.8 cm³/mol. The summed E-state index contributed by atoms with van der Waals surface area (Å²) in [6.07, 6.45) is 0.901. The zero-order chi connectivity index (χ0) is 12.5. The SMILES string of the molecule is CN(C1CCSC1)S(=O)(=O)c1ccc(O)cc1. The smallest absolute Gasteiger partial charge is 0.243 e. The first kappa shape index (κ1) is 12.7. The van der Waals surface area contributed by atoms with E-state index in [1.807, 2.05) is 0 Å². The molecule has 1 fully saturated rings. The second kappa shape index (κ2) is 4.88. The van der Waals surface area contributed by atoms with Crippen LogP contribution in [0.3, 0.4) is 0 Å². The van der Waals surface area contributed by atoms with Gasteiger partial charge in [-0.1, -0.05) is 0 Å². The van der Waals surface area contributed by atoms with Crippen LogP contribution in [0.15, 0.2) is 29.2 Å². The summed E-state index contributed by atoms with van der Waals surface area (Å²) in [7, 11) is -1.81. The van der Waals surface area contributed by atoms with E-state index in [4.69, 9.17) is 5.11 Å². The number of phenols is 1. The van der Waals surface area contributed by atoms with Crippen molar-refractivity contribution in [3.8, 4) is 5.75 Å². The summed E-state index contributed by atoms with van der Waals surface area (Å²) in [5.41, 5.74) is 0. The van der Waals surface area contributed by atoms with Crippen LogP contribution < -0.4 is 0 Å². The van der Waals surface area contributed by atoms with Crippen molar-refractivity contribution in [3.63, 3.8) is 0 Å². The molecular weight excluding hydrogens is 258 g/mol. The van der Waals surface area contributed by atoms with Gasteiger partial charge in [0.05, 0.1) is 4.90 Å². The lowest BCUT2D eigenvalue weighted by Crippen LogP contribution is -2.36. The van der Waals surface area contributed by atoms with Crippen molar-refractivity contribution in [2.24, 2.45) is 0 Å². The quantitative estimate of drug-likeness (QED) is 0.907. The Hall–Kier alpha value is -0.720. The molecule has 0 aliphatic carbocycles. The molecule has 1 saturated heterocycles. The topological polar surface area (TPSA) is 57.6 Å². The van der Waals surface area contributed by atoms with E-state index in [0.29, 0.717) is 0 Å². The Labute approximate surface area is 106 Å². The van der Waals surface area contributed by atoms with Crippen LogP contribution in [0.1, 0.15) is 6.42 Å². The summed E-state index contributed by atoms with van der Waals surface area (Å²) in [4.78, 5) is 0.231. The van der Waals surface area contributed by atoms with Crippen LogP contribution in [0, 0.1) is 0 Å². The van der Waals surface area contributed by atoms with Crippen molar-refractivity contribution in [1.29, 1.82) is 0 Å².